The maximum Gasteiger partial charge on any atom is 0.104 e. The third-order valence-corrected chi connectivity index (χ3v) is 1.45. The molecule has 0 rings (SSSR count). The van der Waals surface area contributed by atoms with Crippen LogP contribution in [-0.2, 0) is 14.2 Å². The van der Waals surface area contributed by atoms with Crippen LogP contribution in [0.15, 0.2) is 0 Å². The largest absolute Gasteiger partial charge is 0.394 e. The van der Waals surface area contributed by atoms with Gasteiger partial charge in [-0.25, -0.2) is 0 Å². The zero-order chi connectivity index (χ0) is 9.94. The smallest absolute Gasteiger partial charge is 0.104 e. The quantitative estimate of drug-likeness (QED) is 0.538. The molecule has 0 spiro atoms. The normalized spacial score (nSPS) is 13.2. The highest BCUT2D eigenvalue weighted by Gasteiger charge is 2.07. The fourth-order valence-electron chi connectivity index (χ4n) is 0.909. The summed E-state index contributed by atoms with van der Waals surface area (Å²) in [6, 6.07) is 0. The molecule has 13 heavy (non-hydrogen) atoms. The zero-order valence-electron chi connectivity index (χ0n) is 8.49. The van der Waals surface area contributed by atoms with E-state index in [1.807, 2.05) is 0 Å². The van der Waals surface area contributed by atoms with Crippen LogP contribution >= 0.6 is 0 Å². The Labute approximate surface area is 79.8 Å². The second-order valence-electron chi connectivity index (χ2n) is 2.75. The molecule has 0 heterocycles. The fourth-order valence-corrected chi connectivity index (χ4v) is 0.909. The van der Waals surface area contributed by atoms with Gasteiger partial charge in [0.15, 0.2) is 0 Å². The predicted octanol–water partition coefficient (Wildman–Crippen LogP) is 0.437. The Morgan fingerprint density at radius 3 is 2.54 bits per heavy atom. The first kappa shape index (κ1) is 12.8. The summed E-state index contributed by atoms with van der Waals surface area (Å²) in [6.07, 6.45) is 0.934. The Morgan fingerprint density at radius 1 is 1.23 bits per heavy atom. The van der Waals surface area contributed by atoms with Crippen LogP contribution in [0.1, 0.15) is 13.3 Å². The Morgan fingerprint density at radius 2 is 2.00 bits per heavy atom. The van der Waals surface area contributed by atoms with Crippen molar-refractivity contribution >= 4 is 0 Å². The highest BCUT2D eigenvalue weighted by Crippen LogP contribution is 1.95. The van der Waals surface area contributed by atoms with E-state index in [4.69, 9.17) is 19.3 Å². The van der Waals surface area contributed by atoms with Gasteiger partial charge in [0.25, 0.3) is 0 Å². The zero-order valence-corrected chi connectivity index (χ0v) is 8.49. The van der Waals surface area contributed by atoms with Gasteiger partial charge in [0.05, 0.1) is 26.4 Å². The van der Waals surface area contributed by atoms with Crippen molar-refractivity contribution in [3.8, 4) is 0 Å². The standard InChI is InChI=1S/C9H20O4/c1-3-5-12-8-9(7-11-2)13-6-4-10/h9-10H,3-8H2,1-2H3. The van der Waals surface area contributed by atoms with Crippen molar-refractivity contribution < 1.29 is 19.3 Å². The lowest BCUT2D eigenvalue weighted by molar-refractivity contribution is -0.0589. The molecule has 0 aromatic carbocycles. The first-order valence-electron chi connectivity index (χ1n) is 4.64. The average molecular weight is 192 g/mol. The van der Waals surface area contributed by atoms with E-state index in [0.717, 1.165) is 13.0 Å². The lowest BCUT2D eigenvalue weighted by Crippen LogP contribution is -2.26. The maximum atomic E-state index is 8.55. The summed E-state index contributed by atoms with van der Waals surface area (Å²) in [7, 11) is 1.62. The van der Waals surface area contributed by atoms with Crippen LogP contribution in [0.25, 0.3) is 0 Å². The molecular weight excluding hydrogens is 172 g/mol. The Bertz CT molecular complexity index is 97.6. The minimum atomic E-state index is -0.0660. The van der Waals surface area contributed by atoms with Gasteiger partial charge >= 0.3 is 0 Å². The molecule has 0 fully saturated rings. The van der Waals surface area contributed by atoms with Crippen LogP contribution in [0.4, 0.5) is 0 Å². The molecule has 4 nitrogen and oxygen atoms in total. The summed E-state index contributed by atoms with van der Waals surface area (Å²) >= 11 is 0. The molecule has 0 radical (unpaired) electrons. The van der Waals surface area contributed by atoms with Crippen molar-refractivity contribution in [1.29, 1.82) is 0 Å². The van der Waals surface area contributed by atoms with Gasteiger partial charge < -0.3 is 19.3 Å². The SMILES string of the molecule is CCCOCC(COC)OCCO. The first-order chi connectivity index (χ1) is 6.35. The van der Waals surface area contributed by atoms with Crippen molar-refractivity contribution in [1.82, 2.24) is 0 Å². The third kappa shape index (κ3) is 8.18. The van der Waals surface area contributed by atoms with E-state index >= 15 is 0 Å². The highest BCUT2D eigenvalue weighted by molar-refractivity contribution is 4.54. The van der Waals surface area contributed by atoms with Gasteiger partial charge in [-0.15, -0.1) is 0 Å². The summed E-state index contributed by atoms with van der Waals surface area (Å²) in [5.74, 6) is 0. The number of aliphatic hydroxyl groups is 1. The van der Waals surface area contributed by atoms with E-state index in [0.29, 0.717) is 19.8 Å². The van der Waals surface area contributed by atoms with E-state index in [2.05, 4.69) is 6.92 Å². The molecule has 0 saturated heterocycles. The molecular formula is C9H20O4. The second-order valence-corrected chi connectivity index (χ2v) is 2.75. The minimum Gasteiger partial charge on any atom is -0.394 e. The van der Waals surface area contributed by atoms with Crippen molar-refractivity contribution in [2.24, 2.45) is 0 Å². The van der Waals surface area contributed by atoms with Crippen LogP contribution in [0, 0.1) is 0 Å². The molecule has 0 bridgehead atoms. The molecule has 80 valence electrons. The summed E-state index contributed by atoms with van der Waals surface area (Å²) < 4.78 is 15.5. The first-order valence-corrected chi connectivity index (χ1v) is 4.64. The van der Waals surface area contributed by atoms with Crippen molar-refractivity contribution in [2.75, 3.05) is 40.1 Å². The summed E-state index contributed by atoms with van der Waals surface area (Å²) in [5.41, 5.74) is 0. The van der Waals surface area contributed by atoms with E-state index in [-0.39, 0.29) is 12.7 Å². The minimum absolute atomic E-state index is 0.0357. The second kappa shape index (κ2) is 9.92. The number of hydrogen-bond donors (Lipinski definition) is 1. The van der Waals surface area contributed by atoms with E-state index in [1.54, 1.807) is 7.11 Å². The Hall–Kier alpha value is -0.160. The molecule has 1 atom stereocenters. The van der Waals surface area contributed by atoms with Gasteiger partial charge in [-0.2, -0.15) is 0 Å². The predicted molar refractivity (Wildman–Crippen MR) is 49.8 cm³/mol. The van der Waals surface area contributed by atoms with Crippen LogP contribution in [0.3, 0.4) is 0 Å². The molecule has 0 saturated carbocycles. The van der Waals surface area contributed by atoms with Gasteiger partial charge in [0, 0.05) is 13.7 Å². The Kier molecular flexibility index (Phi) is 9.80. The van der Waals surface area contributed by atoms with E-state index < -0.39 is 0 Å². The lowest BCUT2D eigenvalue weighted by atomic mass is 10.4. The molecule has 1 unspecified atom stereocenters. The van der Waals surface area contributed by atoms with Crippen molar-refractivity contribution in [2.45, 2.75) is 19.4 Å². The van der Waals surface area contributed by atoms with Crippen molar-refractivity contribution in [3.63, 3.8) is 0 Å². The topological polar surface area (TPSA) is 47.9 Å². The molecule has 0 aliphatic heterocycles. The number of rotatable bonds is 9. The maximum absolute atomic E-state index is 8.55. The van der Waals surface area contributed by atoms with Crippen LogP contribution in [0.5, 0.6) is 0 Å². The molecule has 0 aromatic heterocycles. The number of hydrogen-bond acceptors (Lipinski definition) is 4. The Balaban J connectivity index is 3.41. The summed E-state index contributed by atoms with van der Waals surface area (Å²) in [6.45, 7) is 4.20. The van der Waals surface area contributed by atoms with Gasteiger partial charge in [-0.05, 0) is 6.42 Å². The molecule has 1 N–H and O–H groups in total. The molecule has 0 amide bonds. The van der Waals surface area contributed by atoms with Crippen LogP contribution in [0.2, 0.25) is 0 Å². The van der Waals surface area contributed by atoms with Gasteiger partial charge in [0.1, 0.15) is 6.10 Å². The van der Waals surface area contributed by atoms with E-state index in [1.165, 1.54) is 0 Å². The fraction of sp³-hybridized carbons (Fsp3) is 1.00. The third-order valence-electron chi connectivity index (χ3n) is 1.45. The summed E-state index contributed by atoms with van der Waals surface area (Å²) in [4.78, 5) is 0. The van der Waals surface area contributed by atoms with Crippen LogP contribution in [-0.4, -0.2) is 51.4 Å². The van der Waals surface area contributed by atoms with Crippen molar-refractivity contribution in [3.05, 3.63) is 0 Å². The molecule has 0 aliphatic carbocycles. The molecule has 0 aliphatic rings. The van der Waals surface area contributed by atoms with Gasteiger partial charge in [0.2, 0.25) is 0 Å². The highest BCUT2D eigenvalue weighted by atomic mass is 16.6. The average Bonchev–Trinajstić information content (AvgIpc) is 2.14. The number of ether oxygens (including phenoxy) is 3. The van der Waals surface area contributed by atoms with Crippen LogP contribution < -0.4 is 0 Å². The lowest BCUT2D eigenvalue weighted by Gasteiger charge is -2.16. The van der Waals surface area contributed by atoms with Gasteiger partial charge in [-0.1, -0.05) is 6.92 Å². The molecule has 0 aromatic rings. The van der Waals surface area contributed by atoms with E-state index in [9.17, 15) is 0 Å². The molecule has 4 heteroatoms. The summed E-state index contributed by atoms with van der Waals surface area (Å²) in [5, 5.41) is 8.55. The monoisotopic (exact) mass is 192 g/mol. The number of methoxy groups -OCH3 is 1. The number of aliphatic hydroxyl groups excluding tert-OH is 1. The van der Waals surface area contributed by atoms with Gasteiger partial charge in [-0.3, -0.25) is 0 Å².